The molecule has 1 N–H and O–H groups in total. The fourth-order valence-electron chi connectivity index (χ4n) is 3.03. The lowest BCUT2D eigenvalue weighted by Crippen LogP contribution is -2.30. The van der Waals surface area contributed by atoms with Crippen LogP contribution in [0.3, 0.4) is 0 Å². The van der Waals surface area contributed by atoms with Gasteiger partial charge in [-0.15, -0.1) is 11.3 Å². The first-order valence-corrected chi connectivity index (χ1v) is 12.4. The Hall–Kier alpha value is -3.02. The van der Waals surface area contributed by atoms with E-state index in [4.69, 9.17) is 23.7 Å². The number of rotatable bonds is 11. The fourth-order valence-corrected chi connectivity index (χ4v) is 5.06. The number of ether oxygens (including phenoxy) is 5. The van der Waals surface area contributed by atoms with Crippen molar-refractivity contribution in [3.63, 3.8) is 0 Å². The van der Waals surface area contributed by atoms with Gasteiger partial charge in [0, 0.05) is 22.7 Å². The highest BCUT2D eigenvalue weighted by molar-refractivity contribution is 7.90. The Morgan fingerprint density at radius 1 is 0.970 bits per heavy atom. The van der Waals surface area contributed by atoms with Crippen LogP contribution in [0, 0.1) is 0 Å². The molecule has 1 aromatic heterocycles. The van der Waals surface area contributed by atoms with E-state index in [9.17, 15) is 13.2 Å². The average Bonchev–Trinajstić information content (AvgIpc) is 3.13. The van der Waals surface area contributed by atoms with Crippen molar-refractivity contribution < 1.29 is 36.9 Å². The van der Waals surface area contributed by atoms with E-state index in [1.807, 2.05) is 0 Å². The minimum absolute atomic E-state index is 0.0722. The molecule has 9 nitrogen and oxygen atoms in total. The molecule has 0 fully saturated rings. The van der Waals surface area contributed by atoms with Gasteiger partial charge in [0.15, 0.2) is 23.0 Å². The predicted octanol–water partition coefficient (Wildman–Crippen LogP) is 3.70. The molecule has 0 unspecified atom stereocenters. The number of sulfonamides is 1. The van der Waals surface area contributed by atoms with Gasteiger partial charge < -0.3 is 23.7 Å². The van der Waals surface area contributed by atoms with E-state index in [2.05, 4.69) is 4.72 Å². The minimum atomic E-state index is -3.90. The second kappa shape index (κ2) is 10.7. The van der Waals surface area contributed by atoms with Crippen molar-refractivity contribution in [3.8, 4) is 28.7 Å². The lowest BCUT2D eigenvalue weighted by atomic mass is 10.2. The van der Waals surface area contributed by atoms with Crippen LogP contribution in [0.5, 0.6) is 28.7 Å². The van der Waals surface area contributed by atoms with Crippen LogP contribution in [0.15, 0.2) is 36.4 Å². The first kappa shape index (κ1) is 24.6. The lowest BCUT2D eigenvalue weighted by molar-refractivity contribution is -0.139. The maximum absolute atomic E-state index is 12.3. The number of nitrogens with one attached hydrogen (secondary N) is 1. The quantitative estimate of drug-likeness (QED) is 0.401. The highest BCUT2D eigenvalue weighted by Crippen LogP contribution is 2.45. The van der Waals surface area contributed by atoms with Crippen LogP contribution in [0.4, 0.5) is 0 Å². The molecule has 0 amide bonds. The summed E-state index contributed by atoms with van der Waals surface area (Å²) in [4.78, 5) is 12.2. The number of methoxy groups -OCH3 is 3. The topological polar surface area (TPSA) is 109 Å². The molecule has 11 heteroatoms. The van der Waals surface area contributed by atoms with Crippen molar-refractivity contribution >= 4 is 37.4 Å². The van der Waals surface area contributed by atoms with Crippen LogP contribution >= 0.6 is 11.3 Å². The second-order valence-electron chi connectivity index (χ2n) is 6.72. The fraction of sp³-hybridized carbons (Fsp3) is 0.318. The van der Waals surface area contributed by atoms with E-state index < -0.39 is 21.7 Å². The molecule has 0 radical (unpaired) electrons. The second-order valence-corrected chi connectivity index (χ2v) is 9.66. The number of hydrogen-bond donors (Lipinski definition) is 1. The van der Waals surface area contributed by atoms with Crippen molar-refractivity contribution in [2.75, 3.05) is 33.7 Å². The normalized spacial score (nSPS) is 11.3. The predicted molar refractivity (Wildman–Crippen MR) is 125 cm³/mol. The zero-order valence-corrected chi connectivity index (χ0v) is 20.3. The molecule has 2 aromatic carbocycles. The highest BCUT2D eigenvalue weighted by atomic mass is 32.2. The van der Waals surface area contributed by atoms with Crippen molar-refractivity contribution in [3.05, 3.63) is 41.3 Å². The van der Waals surface area contributed by atoms with E-state index in [1.165, 1.54) is 25.6 Å². The van der Waals surface area contributed by atoms with Gasteiger partial charge in [-0.1, -0.05) is 0 Å². The molecule has 0 aliphatic carbocycles. The highest BCUT2D eigenvalue weighted by Gasteiger charge is 2.22. The van der Waals surface area contributed by atoms with Gasteiger partial charge in [-0.05, 0) is 37.3 Å². The molecule has 0 bridgehead atoms. The third-order valence-electron chi connectivity index (χ3n) is 4.56. The number of thiophene rings is 1. The van der Waals surface area contributed by atoms with Crippen LogP contribution in [0.25, 0.3) is 10.1 Å². The molecule has 3 rings (SSSR count). The van der Waals surface area contributed by atoms with Crippen LogP contribution in [-0.2, 0) is 26.1 Å². The zero-order chi connectivity index (χ0) is 24.0. The summed E-state index contributed by atoms with van der Waals surface area (Å²) in [5.74, 6) is 1.16. The molecule has 0 spiro atoms. The summed E-state index contributed by atoms with van der Waals surface area (Å²) in [6.07, 6.45) is 0. The Bertz CT molecular complexity index is 1220. The van der Waals surface area contributed by atoms with E-state index >= 15 is 0 Å². The van der Waals surface area contributed by atoms with Gasteiger partial charge in [0.05, 0.1) is 32.8 Å². The number of carbonyl (C=O) groups excluding carboxylic acids is 1. The number of esters is 1. The van der Waals surface area contributed by atoms with Crippen molar-refractivity contribution in [1.82, 2.24) is 4.72 Å². The largest absolute Gasteiger partial charge is 0.497 e. The van der Waals surface area contributed by atoms with Crippen LogP contribution in [-0.4, -0.2) is 48.1 Å². The summed E-state index contributed by atoms with van der Waals surface area (Å²) >= 11 is 1.34. The number of hydrogen-bond acceptors (Lipinski definition) is 9. The molecule has 0 atom stereocenters. The Labute approximate surface area is 196 Å². The SMILES string of the molecule is CCOC(=O)CS(=O)(=O)NCc1sc2cc(OC)c(OC)cc2c1Oc1ccc(OC)cc1. The lowest BCUT2D eigenvalue weighted by Gasteiger charge is -2.11. The summed E-state index contributed by atoms with van der Waals surface area (Å²) < 4.78 is 54.8. The third-order valence-corrected chi connectivity index (χ3v) is 6.90. The molecule has 178 valence electrons. The Kier molecular flexibility index (Phi) is 8.01. The molecule has 1 heterocycles. The number of carbonyl (C=O) groups is 1. The summed E-state index contributed by atoms with van der Waals surface area (Å²) in [6, 6.07) is 10.6. The van der Waals surface area contributed by atoms with Gasteiger partial charge in [-0.2, -0.15) is 0 Å². The van der Waals surface area contributed by atoms with E-state index in [-0.39, 0.29) is 13.2 Å². The maximum atomic E-state index is 12.3. The summed E-state index contributed by atoms with van der Waals surface area (Å²) in [6.45, 7) is 1.64. The molecular formula is C22H25NO8S2. The zero-order valence-electron chi connectivity index (χ0n) is 18.7. The summed E-state index contributed by atoms with van der Waals surface area (Å²) in [5.41, 5.74) is 0. The smallest absolute Gasteiger partial charge is 0.322 e. The molecule has 33 heavy (non-hydrogen) atoms. The van der Waals surface area contributed by atoms with E-state index in [1.54, 1.807) is 50.4 Å². The van der Waals surface area contributed by atoms with Gasteiger partial charge in [0.25, 0.3) is 0 Å². The van der Waals surface area contributed by atoms with Crippen LogP contribution in [0.2, 0.25) is 0 Å². The minimum Gasteiger partial charge on any atom is -0.497 e. The van der Waals surface area contributed by atoms with Gasteiger partial charge in [-0.25, -0.2) is 13.1 Å². The number of benzene rings is 2. The average molecular weight is 496 g/mol. The Morgan fingerprint density at radius 3 is 2.21 bits per heavy atom. The van der Waals surface area contributed by atoms with Crippen molar-refractivity contribution in [1.29, 1.82) is 0 Å². The van der Waals surface area contributed by atoms with Gasteiger partial charge >= 0.3 is 5.97 Å². The van der Waals surface area contributed by atoms with Crippen molar-refractivity contribution in [2.24, 2.45) is 0 Å². The molecule has 0 aliphatic rings. The van der Waals surface area contributed by atoms with Crippen LogP contribution < -0.4 is 23.7 Å². The number of fused-ring (bicyclic) bond motifs is 1. The van der Waals surface area contributed by atoms with E-state index in [0.717, 1.165) is 10.1 Å². The van der Waals surface area contributed by atoms with Crippen LogP contribution in [0.1, 0.15) is 11.8 Å². The first-order chi connectivity index (χ1) is 15.8. The molecule has 0 saturated heterocycles. The molecule has 0 saturated carbocycles. The molecular weight excluding hydrogens is 470 g/mol. The third kappa shape index (κ3) is 6.06. The summed E-state index contributed by atoms with van der Waals surface area (Å²) in [5, 5.41) is 0.730. The Morgan fingerprint density at radius 2 is 1.61 bits per heavy atom. The van der Waals surface area contributed by atoms with Crippen molar-refractivity contribution in [2.45, 2.75) is 13.5 Å². The monoisotopic (exact) mass is 495 g/mol. The van der Waals surface area contributed by atoms with Gasteiger partial charge in [0.1, 0.15) is 11.5 Å². The molecule has 3 aromatic rings. The first-order valence-electron chi connectivity index (χ1n) is 9.92. The molecule has 0 aliphatic heterocycles. The standard InChI is InChI=1S/C22H25NO8S2/c1-5-30-21(24)13-33(25,26)23-12-20-22(31-15-8-6-14(27-2)7-9-15)16-10-17(28-3)18(29-4)11-19(16)32-20/h6-11,23H,5,12-13H2,1-4H3. The maximum Gasteiger partial charge on any atom is 0.322 e. The Balaban J connectivity index is 1.97. The van der Waals surface area contributed by atoms with Gasteiger partial charge in [-0.3, -0.25) is 4.79 Å². The van der Waals surface area contributed by atoms with Gasteiger partial charge in [0.2, 0.25) is 10.0 Å². The van der Waals surface area contributed by atoms with E-state index in [0.29, 0.717) is 33.6 Å². The summed E-state index contributed by atoms with van der Waals surface area (Å²) in [7, 11) is 0.740.